The van der Waals surface area contributed by atoms with Gasteiger partial charge in [0.05, 0.1) is 18.0 Å². The van der Waals surface area contributed by atoms with Crippen LogP contribution in [-0.2, 0) is 25.6 Å². The number of nitrogens with one attached hydrogen (secondary N) is 3. The molecule has 1 aliphatic heterocycles. The Bertz CT molecular complexity index is 1100. The maximum atomic E-state index is 15.1. The molecule has 4 atom stereocenters. The van der Waals surface area contributed by atoms with Crippen molar-refractivity contribution < 1.29 is 19.2 Å². The highest BCUT2D eigenvalue weighted by Gasteiger charge is 2.56. The van der Waals surface area contributed by atoms with Gasteiger partial charge < -0.3 is 21.7 Å². The number of carbonyl (C=O) groups is 3. The fourth-order valence-electron chi connectivity index (χ4n) is 8.41. The Morgan fingerprint density at radius 2 is 1.60 bits per heavy atom. The summed E-state index contributed by atoms with van der Waals surface area (Å²) in [5.74, 6) is -1.51. The lowest BCUT2D eigenvalue weighted by molar-refractivity contribution is -0.140. The fourth-order valence-corrected chi connectivity index (χ4v) is 8.41. The molecule has 1 unspecified atom stereocenters. The third-order valence-corrected chi connectivity index (χ3v) is 11.0. The van der Waals surface area contributed by atoms with Crippen molar-refractivity contribution in [3.63, 3.8) is 0 Å². The van der Waals surface area contributed by atoms with Crippen molar-refractivity contribution in [3.05, 3.63) is 35.9 Å². The molecule has 47 heavy (non-hydrogen) atoms. The van der Waals surface area contributed by atoms with Crippen molar-refractivity contribution >= 4 is 23.8 Å². The van der Waals surface area contributed by atoms with Crippen molar-refractivity contribution in [2.75, 3.05) is 19.6 Å². The molecular formula is C39H61N4O4. The van der Waals surface area contributed by atoms with Crippen LogP contribution in [0.15, 0.2) is 30.3 Å². The van der Waals surface area contributed by atoms with Crippen molar-refractivity contribution in [3.8, 4) is 0 Å². The average molecular weight is 650 g/mol. The van der Waals surface area contributed by atoms with E-state index in [1.165, 1.54) is 12.0 Å². The van der Waals surface area contributed by atoms with E-state index < -0.39 is 23.5 Å². The van der Waals surface area contributed by atoms with Gasteiger partial charge in [-0.3, -0.25) is 19.2 Å². The molecule has 1 aromatic rings. The van der Waals surface area contributed by atoms with E-state index in [9.17, 15) is 14.4 Å². The van der Waals surface area contributed by atoms with E-state index in [0.717, 1.165) is 96.3 Å². The van der Waals surface area contributed by atoms with Crippen LogP contribution in [0.25, 0.3) is 0 Å². The molecule has 4 rings (SSSR count). The molecule has 1 saturated heterocycles. The van der Waals surface area contributed by atoms with Crippen LogP contribution in [0.1, 0.15) is 128 Å². The van der Waals surface area contributed by atoms with Crippen LogP contribution in [0.3, 0.4) is 0 Å². The van der Waals surface area contributed by atoms with Crippen LogP contribution in [-0.4, -0.2) is 61.0 Å². The molecule has 5 N–H and O–H groups in total. The summed E-state index contributed by atoms with van der Waals surface area (Å²) in [6.45, 7) is 1.91. The number of Topliss-reactive ketones (excluding diaryl/α,β-unsaturated/α-hetero) is 2. The molecule has 8 heteroatoms. The fraction of sp³-hybridized carbons (Fsp3) is 0.744. The number of aryl methyl sites for hydroxylation is 1. The zero-order valence-corrected chi connectivity index (χ0v) is 28.7. The Morgan fingerprint density at radius 1 is 0.872 bits per heavy atom. The summed E-state index contributed by atoms with van der Waals surface area (Å²) in [4.78, 5) is 56.8. The van der Waals surface area contributed by atoms with E-state index in [0.29, 0.717) is 44.8 Å². The first-order valence-electron chi connectivity index (χ1n) is 19.0. The van der Waals surface area contributed by atoms with Crippen molar-refractivity contribution in [2.45, 2.75) is 146 Å². The molecule has 2 aliphatic carbocycles. The smallest absolute Gasteiger partial charge is 0.238 e. The molecule has 0 aromatic heterocycles. The minimum atomic E-state index is -2.01. The summed E-state index contributed by atoms with van der Waals surface area (Å²) in [5, 5.41) is 9.79. The summed E-state index contributed by atoms with van der Waals surface area (Å²) in [7, 11) is 0. The third-order valence-electron chi connectivity index (χ3n) is 11.0. The van der Waals surface area contributed by atoms with Gasteiger partial charge in [-0.2, -0.15) is 0 Å². The lowest BCUT2D eigenvalue weighted by Gasteiger charge is -2.42. The highest BCUT2D eigenvalue weighted by Crippen LogP contribution is 2.39. The number of benzene rings is 1. The highest BCUT2D eigenvalue weighted by atomic mass is 16.2. The Balaban J connectivity index is 1.63. The number of carbonyl (C=O) groups excluding carboxylic acids is 4. The lowest BCUT2D eigenvalue weighted by atomic mass is 9.64. The second-order valence-electron chi connectivity index (χ2n) is 14.5. The molecule has 0 bridgehead atoms. The molecular weight excluding hydrogens is 588 g/mol. The van der Waals surface area contributed by atoms with Crippen LogP contribution < -0.4 is 21.7 Å². The van der Waals surface area contributed by atoms with Gasteiger partial charge >= 0.3 is 0 Å². The van der Waals surface area contributed by atoms with Gasteiger partial charge in [-0.05, 0) is 101 Å². The van der Waals surface area contributed by atoms with Gasteiger partial charge in [-0.15, -0.1) is 0 Å². The number of ketones is 2. The molecule has 3 fully saturated rings. The van der Waals surface area contributed by atoms with Crippen LogP contribution in [0.5, 0.6) is 0 Å². The van der Waals surface area contributed by atoms with Gasteiger partial charge in [0.25, 0.3) is 0 Å². The molecule has 261 valence electrons. The number of hydrogen-bond acceptors (Lipinski definition) is 7. The van der Waals surface area contributed by atoms with Gasteiger partial charge in [-0.1, -0.05) is 88.1 Å². The summed E-state index contributed by atoms with van der Waals surface area (Å²) < 4.78 is 0. The lowest BCUT2D eigenvalue weighted by Crippen LogP contribution is -2.69. The Hall–Kier alpha value is -2.42. The van der Waals surface area contributed by atoms with E-state index in [-0.39, 0.29) is 29.8 Å². The topological polar surface area (TPSA) is 130 Å². The van der Waals surface area contributed by atoms with E-state index >= 15 is 4.79 Å². The largest absolute Gasteiger partial charge is 0.335 e. The van der Waals surface area contributed by atoms with Crippen molar-refractivity contribution in [2.24, 2.45) is 23.5 Å². The third kappa shape index (κ3) is 11.0. The summed E-state index contributed by atoms with van der Waals surface area (Å²) in [5.41, 5.74) is 5.01. The number of nitrogens with two attached hydrogens (primary N) is 1. The Kier molecular flexibility index (Phi) is 16.1. The molecule has 3 aliphatic rings. The minimum Gasteiger partial charge on any atom is -0.335 e. The van der Waals surface area contributed by atoms with E-state index in [2.05, 4.69) is 46.5 Å². The zero-order valence-electron chi connectivity index (χ0n) is 28.7. The summed E-state index contributed by atoms with van der Waals surface area (Å²) in [6, 6.07) is 9.29. The van der Waals surface area contributed by atoms with Crippen LogP contribution >= 0.6 is 0 Å². The van der Waals surface area contributed by atoms with E-state index in [1.807, 2.05) is 6.07 Å². The molecule has 1 heterocycles. The maximum absolute atomic E-state index is 15.1. The summed E-state index contributed by atoms with van der Waals surface area (Å²) in [6.07, 6.45) is 19.8. The SMILES string of the molecule is NCCCCCC(=O)C(C1CCCCC1)[C@@]([C]=O)(NC(=O)[C@@H]1CCCN1)C(=O)[C@@H](CC1CCCCC1)NCCCCc1ccccc1. The average Bonchev–Trinajstić information content (AvgIpc) is 3.66. The number of amides is 1. The van der Waals surface area contributed by atoms with Gasteiger partial charge in [0, 0.05) is 6.42 Å². The quantitative estimate of drug-likeness (QED) is 0.102. The monoisotopic (exact) mass is 649 g/mol. The van der Waals surface area contributed by atoms with Gasteiger partial charge in [0.1, 0.15) is 5.78 Å². The van der Waals surface area contributed by atoms with Gasteiger partial charge in [0.2, 0.25) is 12.2 Å². The first kappa shape index (κ1) is 37.4. The molecule has 1 amide bonds. The normalized spacial score (nSPS) is 21.9. The predicted octanol–water partition coefficient (Wildman–Crippen LogP) is 5.51. The van der Waals surface area contributed by atoms with Gasteiger partial charge in [-0.25, -0.2) is 0 Å². The number of unbranched alkanes of at least 4 members (excludes halogenated alkanes) is 3. The number of rotatable bonds is 21. The molecule has 2 saturated carbocycles. The van der Waals surface area contributed by atoms with Crippen molar-refractivity contribution in [1.82, 2.24) is 16.0 Å². The maximum Gasteiger partial charge on any atom is 0.238 e. The predicted molar refractivity (Wildman–Crippen MR) is 188 cm³/mol. The molecule has 0 spiro atoms. The standard InChI is InChI=1S/C39H61N4O4/c40-25-13-4-11-24-35(45)36(32-21-9-3-10-22-32)39(29-44,43-38(47)33-23-15-27-41-33)37(46)34(28-31-19-7-2-8-20-31)42-26-14-12-18-30-16-5-1-6-17-30/h1,5-6,16-17,31-34,36,41-42H,2-4,7-15,18-28,40H2,(H,43,47)/t33-,34+,36?,39+/m0/s1. The van der Waals surface area contributed by atoms with Crippen LogP contribution in [0, 0.1) is 17.8 Å². The van der Waals surface area contributed by atoms with Crippen LogP contribution in [0.2, 0.25) is 0 Å². The molecule has 1 radical (unpaired) electrons. The van der Waals surface area contributed by atoms with Crippen LogP contribution in [0.4, 0.5) is 0 Å². The molecule has 8 nitrogen and oxygen atoms in total. The summed E-state index contributed by atoms with van der Waals surface area (Å²) >= 11 is 0. The molecule has 1 aromatic carbocycles. The van der Waals surface area contributed by atoms with Crippen molar-refractivity contribution in [1.29, 1.82) is 0 Å². The van der Waals surface area contributed by atoms with E-state index in [4.69, 9.17) is 5.73 Å². The zero-order chi connectivity index (χ0) is 33.3. The van der Waals surface area contributed by atoms with E-state index in [1.54, 1.807) is 0 Å². The minimum absolute atomic E-state index is 0.0930. The highest BCUT2D eigenvalue weighted by molar-refractivity contribution is 6.12. The first-order chi connectivity index (χ1) is 23.0. The van der Waals surface area contributed by atoms with Gasteiger partial charge in [0.15, 0.2) is 11.3 Å². The first-order valence-corrected chi connectivity index (χ1v) is 19.0. The Morgan fingerprint density at radius 3 is 2.26 bits per heavy atom. The second-order valence-corrected chi connectivity index (χ2v) is 14.5. The number of hydrogen-bond donors (Lipinski definition) is 4. The second kappa shape index (κ2) is 20.2. The Labute approximate surface area is 283 Å².